The lowest BCUT2D eigenvalue weighted by Crippen LogP contribution is -2.36. The Hall–Kier alpha value is -0.870. The van der Waals surface area contributed by atoms with Gasteiger partial charge in [0, 0.05) is 17.6 Å². The molecule has 1 amide bonds. The van der Waals surface area contributed by atoms with E-state index in [0.717, 1.165) is 30.5 Å². The summed E-state index contributed by atoms with van der Waals surface area (Å²) in [6.45, 7) is 4.54. The van der Waals surface area contributed by atoms with Gasteiger partial charge in [-0.25, -0.2) is 0 Å². The number of rotatable bonds is 3. The fourth-order valence-corrected chi connectivity index (χ4v) is 2.50. The quantitative estimate of drug-likeness (QED) is 0.929. The Balaban J connectivity index is 1.98. The van der Waals surface area contributed by atoms with Crippen LogP contribution >= 0.6 is 15.9 Å². The maximum Gasteiger partial charge on any atom is 0.224 e. The van der Waals surface area contributed by atoms with E-state index in [-0.39, 0.29) is 11.3 Å². The molecule has 1 heterocycles. The third-order valence-electron chi connectivity index (χ3n) is 3.47. The van der Waals surface area contributed by atoms with E-state index in [0.29, 0.717) is 0 Å². The second-order valence-electron chi connectivity index (χ2n) is 5.01. The smallest absolute Gasteiger partial charge is 0.224 e. The Bertz CT molecular complexity index is 418. The van der Waals surface area contributed by atoms with Gasteiger partial charge in [-0.2, -0.15) is 0 Å². The van der Waals surface area contributed by atoms with Crippen LogP contribution in [0.4, 0.5) is 0 Å². The van der Waals surface area contributed by atoms with E-state index in [9.17, 15) is 4.79 Å². The van der Waals surface area contributed by atoms with Crippen molar-refractivity contribution in [3.8, 4) is 0 Å². The lowest BCUT2D eigenvalue weighted by molar-refractivity contribution is -0.126. The number of carbonyl (C=O) groups excluding carboxylic acids is 1. The number of primary amides is 1. The summed E-state index contributed by atoms with van der Waals surface area (Å²) < 4.78 is 1.09. The molecular formula is C13H17BrN2O. The number of likely N-dealkylation sites (tertiary alicyclic amines) is 1. The first-order valence-corrected chi connectivity index (χ1v) is 6.56. The summed E-state index contributed by atoms with van der Waals surface area (Å²) in [5.41, 5.74) is 6.35. The van der Waals surface area contributed by atoms with Crippen LogP contribution in [0.25, 0.3) is 0 Å². The lowest BCUT2D eigenvalue weighted by Gasteiger charge is -2.21. The van der Waals surface area contributed by atoms with Crippen molar-refractivity contribution < 1.29 is 4.79 Å². The molecule has 0 aliphatic carbocycles. The standard InChI is InChI=1S/C13H17BrN2O/c1-13(12(15)17)6-7-16(9-13)8-10-2-4-11(14)5-3-10/h2-5H,6-9H2,1H3,(H2,15,17). The van der Waals surface area contributed by atoms with Gasteiger partial charge in [0.2, 0.25) is 5.91 Å². The second kappa shape index (κ2) is 4.78. The van der Waals surface area contributed by atoms with Crippen molar-refractivity contribution in [1.82, 2.24) is 4.90 Å². The summed E-state index contributed by atoms with van der Waals surface area (Å²) in [6.07, 6.45) is 0.860. The minimum absolute atomic E-state index is 0.184. The Labute approximate surface area is 110 Å². The number of hydrogen-bond donors (Lipinski definition) is 1. The SMILES string of the molecule is CC1(C(N)=O)CCN(Cc2ccc(Br)cc2)C1. The summed E-state index contributed by atoms with van der Waals surface area (Å²) in [5, 5.41) is 0. The van der Waals surface area contributed by atoms with Gasteiger partial charge in [-0.1, -0.05) is 28.1 Å². The molecule has 0 radical (unpaired) electrons. The maximum atomic E-state index is 11.4. The van der Waals surface area contributed by atoms with E-state index >= 15 is 0 Å². The van der Waals surface area contributed by atoms with E-state index in [4.69, 9.17) is 5.73 Å². The molecule has 1 saturated heterocycles. The molecule has 1 aromatic rings. The van der Waals surface area contributed by atoms with Gasteiger partial charge in [0.05, 0.1) is 5.41 Å². The monoisotopic (exact) mass is 296 g/mol. The third-order valence-corrected chi connectivity index (χ3v) is 4.00. The second-order valence-corrected chi connectivity index (χ2v) is 5.93. The molecule has 1 unspecified atom stereocenters. The molecule has 1 aliphatic heterocycles. The highest BCUT2D eigenvalue weighted by molar-refractivity contribution is 9.10. The van der Waals surface area contributed by atoms with Crippen molar-refractivity contribution in [2.75, 3.05) is 13.1 Å². The topological polar surface area (TPSA) is 46.3 Å². The molecule has 1 aliphatic rings. The fourth-order valence-electron chi connectivity index (χ4n) is 2.24. The van der Waals surface area contributed by atoms with Gasteiger partial charge in [0.15, 0.2) is 0 Å². The number of carbonyl (C=O) groups is 1. The van der Waals surface area contributed by atoms with Crippen molar-refractivity contribution >= 4 is 21.8 Å². The average Bonchev–Trinajstić information content (AvgIpc) is 2.65. The number of benzene rings is 1. The van der Waals surface area contributed by atoms with Crippen molar-refractivity contribution in [2.45, 2.75) is 19.9 Å². The highest BCUT2D eigenvalue weighted by Gasteiger charge is 2.38. The van der Waals surface area contributed by atoms with Gasteiger partial charge in [-0.3, -0.25) is 9.69 Å². The largest absolute Gasteiger partial charge is 0.369 e. The van der Waals surface area contributed by atoms with Gasteiger partial charge in [-0.05, 0) is 37.6 Å². The number of halogens is 1. The Kier molecular flexibility index (Phi) is 3.54. The summed E-state index contributed by atoms with van der Waals surface area (Å²) in [7, 11) is 0. The maximum absolute atomic E-state index is 11.4. The first-order valence-electron chi connectivity index (χ1n) is 5.76. The van der Waals surface area contributed by atoms with E-state index in [1.165, 1.54) is 5.56 Å². The van der Waals surface area contributed by atoms with Crippen LogP contribution in [0.5, 0.6) is 0 Å². The Morgan fingerprint density at radius 3 is 2.65 bits per heavy atom. The highest BCUT2D eigenvalue weighted by atomic mass is 79.9. The minimum atomic E-state index is -0.352. The van der Waals surface area contributed by atoms with Gasteiger partial charge in [0.1, 0.15) is 0 Å². The molecule has 1 atom stereocenters. The van der Waals surface area contributed by atoms with Crippen LogP contribution in [0, 0.1) is 5.41 Å². The molecule has 3 nitrogen and oxygen atoms in total. The van der Waals surface area contributed by atoms with E-state index in [1.54, 1.807) is 0 Å². The lowest BCUT2D eigenvalue weighted by atomic mass is 9.89. The molecule has 0 spiro atoms. The number of nitrogens with zero attached hydrogens (tertiary/aromatic N) is 1. The molecule has 2 rings (SSSR count). The number of nitrogens with two attached hydrogens (primary N) is 1. The van der Waals surface area contributed by atoms with Crippen LogP contribution in [0.15, 0.2) is 28.7 Å². The minimum Gasteiger partial charge on any atom is -0.369 e. The molecule has 17 heavy (non-hydrogen) atoms. The van der Waals surface area contributed by atoms with Gasteiger partial charge >= 0.3 is 0 Å². The predicted octanol–water partition coefficient (Wildman–Crippen LogP) is 2.15. The van der Waals surface area contributed by atoms with E-state index in [2.05, 4.69) is 33.0 Å². The Morgan fingerprint density at radius 1 is 1.47 bits per heavy atom. The van der Waals surface area contributed by atoms with Gasteiger partial charge in [0.25, 0.3) is 0 Å². The Morgan fingerprint density at radius 2 is 2.12 bits per heavy atom. The van der Waals surface area contributed by atoms with E-state index in [1.807, 2.05) is 19.1 Å². The first kappa shape index (κ1) is 12.6. The summed E-state index contributed by atoms with van der Waals surface area (Å²) >= 11 is 3.42. The van der Waals surface area contributed by atoms with Crippen LogP contribution in [0.1, 0.15) is 18.9 Å². The molecule has 0 saturated carbocycles. The molecular weight excluding hydrogens is 280 g/mol. The first-order chi connectivity index (χ1) is 7.99. The fraction of sp³-hybridized carbons (Fsp3) is 0.462. The summed E-state index contributed by atoms with van der Waals surface area (Å²) in [4.78, 5) is 13.6. The van der Waals surface area contributed by atoms with E-state index < -0.39 is 0 Å². The van der Waals surface area contributed by atoms with Crippen molar-refractivity contribution in [3.05, 3.63) is 34.3 Å². The molecule has 2 N–H and O–H groups in total. The van der Waals surface area contributed by atoms with Crippen molar-refractivity contribution in [1.29, 1.82) is 0 Å². The molecule has 4 heteroatoms. The normalized spacial score (nSPS) is 25.1. The van der Waals surface area contributed by atoms with Crippen LogP contribution in [-0.4, -0.2) is 23.9 Å². The van der Waals surface area contributed by atoms with Gasteiger partial charge in [-0.15, -0.1) is 0 Å². The molecule has 92 valence electrons. The highest BCUT2D eigenvalue weighted by Crippen LogP contribution is 2.30. The molecule has 1 aromatic carbocycles. The summed E-state index contributed by atoms with van der Waals surface area (Å²) in [6, 6.07) is 8.28. The van der Waals surface area contributed by atoms with Crippen LogP contribution in [0.3, 0.4) is 0 Å². The predicted molar refractivity (Wildman–Crippen MR) is 71.3 cm³/mol. The average molecular weight is 297 g/mol. The van der Waals surface area contributed by atoms with Crippen molar-refractivity contribution in [2.24, 2.45) is 11.1 Å². The molecule has 1 fully saturated rings. The van der Waals surface area contributed by atoms with Crippen LogP contribution < -0.4 is 5.73 Å². The zero-order valence-electron chi connectivity index (χ0n) is 9.95. The molecule has 0 aromatic heterocycles. The number of hydrogen-bond acceptors (Lipinski definition) is 2. The van der Waals surface area contributed by atoms with Crippen LogP contribution in [0.2, 0.25) is 0 Å². The van der Waals surface area contributed by atoms with Crippen LogP contribution in [-0.2, 0) is 11.3 Å². The molecule has 0 bridgehead atoms. The van der Waals surface area contributed by atoms with Crippen molar-refractivity contribution in [3.63, 3.8) is 0 Å². The summed E-state index contributed by atoms with van der Waals surface area (Å²) in [5.74, 6) is -0.184. The zero-order chi connectivity index (χ0) is 12.5. The third kappa shape index (κ3) is 2.87. The van der Waals surface area contributed by atoms with Gasteiger partial charge < -0.3 is 5.73 Å². The number of amides is 1. The zero-order valence-corrected chi connectivity index (χ0v) is 11.5.